The van der Waals surface area contributed by atoms with E-state index in [9.17, 15) is 62.7 Å². The quantitative estimate of drug-likeness (QED) is 0.0469. The number of aliphatic carboxylic acids is 1. The Labute approximate surface area is 346 Å². The Kier molecular flexibility index (Phi) is 18.8. The number of nitrogen functional groups attached to an aromatic ring is 1. The van der Waals surface area contributed by atoms with Gasteiger partial charge in [-0.15, -0.1) is 0 Å². The summed E-state index contributed by atoms with van der Waals surface area (Å²) in [5.74, 6) is -2.40. The van der Waals surface area contributed by atoms with Gasteiger partial charge in [-0.3, -0.25) is 37.3 Å². The molecule has 0 aliphatic carbocycles. The van der Waals surface area contributed by atoms with Crippen LogP contribution in [0, 0.1) is 17.3 Å². The molecular formula is C30H50N7O19P3S. The number of nitrogens with zero attached hydrogens (tertiary/aromatic N) is 4. The normalized spacial score (nSPS) is 22.0. The monoisotopic (exact) mass is 937 g/mol. The molecule has 26 nitrogen and oxygen atoms in total. The van der Waals surface area contributed by atoms with E-state index in [1.165, 1.54) is 13.8 Å². The molecule has 11 N–H and O–H groups in total. The third-order valence-corrected chi connectivity index (χ3v) is 13.0. The van der Waals surface area contributed by atoms with Crippen LogP contribution in [0.1, 0.15) is 59.6 Å². The molecule has 0 aromatic carbocycles. The number of carbonyl (C=O) groups excluding carboxylic acids is 3. The summed E-state index contributed by atoms with van der Waals surface area (Å²) in [5.41, 5.74) is 4.22. The number of amides is 2. The topological polar surface area (TPSA) is 401 Å². The number of carboxylic acids is 1. The third-order valence-electron chi connectivity index (χ3n) is 8.76. The molecule has 30 heteroatoms. The summed E-state index contributed by atoms with van der Waals surface area (Å²) < 4.78 is 62.2. The van der Waals surface area contributed by atoms with E-state index in [-0.39, 0.29) is 65.6 Å². The molecule has 3 heterocycles. The lowest BCUT2D eigenvalue weighted by atomic mass is 9.87. The molecule has 340 valence electrons. The minimum absolute atomic E-state index is 0.0209. The molecule has 1 fully saturated rings. The maximum Gasteiger partial charge on any atom is 0.481 e. The molecular weight excluding hydrogens is 887 g/mol. The van der Waals surface area contributed by atoms with Crippen LogP contribution in [0.4, 0.5) is 5.82 Å². The van der Waals surface area contributed by atoms with Gasteiger partial charge in [0.05, 0.1) is 19.5 Å². The van der Waals surface area contributed by atoms with Crippen molar-refractivity contribution in [1.82, 2.24) is 30.2 Å². The molecule has 1 aliphatic heterocycles. The predicted molar refractivity (Wildman–Crippen MR) is 207 cm³/mol. The second kappa shape index (κ2) is 21.9. The van der Waals surface area contributed by atoms with Gasteiger partial charge in [0.15, 0.2) is 22.8 Å². The van der Waals surface area contributed by atoms with E-state index in [0.29, 0.717) is 12.8 Å². The maximum absolute atomic E-state index is 12.7. The largest absolute Gasteiger partial charge is 0.481 e. The predicted octanol–water partition coefficient (Wildman–Crippen LogP) is 0.192. The molecule has 1 saturated heterocycles. The fraction of sp³-hybridized carbons (Fsp3) is 0.700. The Morgan fingerprint density at radius 1 is 1.02 bits per heavy atom. The minimum atomic E-state index is -5.59. The summed E-state index contributed by atoms with van der Waals surface area (Å²) in [6.07, 6.45) is -6.03. The summed E-state index contributed by atoms with van der Waals surface area (Å²) in [7, 11) is -16.4. The van der Waals surface area contributed by atoms with Crippen LogP contribution in [0.3, 0.4) is 0 Å². The summed E-state index contributed by atoms with van der Waals surface area (Å²) in [5, 5.41) is 35.1. The maximum atomic E-state index is 12.7. The van der Waals surface area contributed by atoms with Crippen molar-refractivity contribution < 1.29 is 90.4 Å². The number of thioether (sulfide) groups is 1. The van der Waals surface area contributed by atoms with Gasteiger partial charge in [0.2, 0.25) is 11.8 Å². The zero-order chi connectivity index (χ0) is 45.2. The summed E-state index contributed by atoms with van der Waals surface area (Å²) in [4.78, 5) is 98.9. The summed E-state index contributed by atoms with van der Waals surface area (Å²) >= 11 is 1.03. The van der Waals surface area contributed by atoms with Crippen molar-refractivity contribution >= 4 is 75.1 Å². The summed E-state index contributed by atoms with van der Waals surface area (Å²) in [6, 6.07) is 0. The fourth-order valence-corrected chi connectivity index (χ4v) is 9.23. The number of phosphoric ester groups is 3. The highest BCUT2D eigenvalue weighted by Crippen LogP contribution is 2.61. The summed E-state index contributed by atoms with van der Waals surface area (Å²) in [6.45, 7) is 3.96. The van der Waals surface area contributed by atoms with Crippen LogP contribution in [0.25, 0.3) is 11.2 Å². The van der Waals surface area contributed by atoms with Gasteiger partial charge >= 0.3 is 29.4 Å². The molecule has 60 heavy (non-hydrogen) atoms. The number of hydrogen-bond acceptors (Lipinski definition) is 19. The first-order chi connectivity index (χ1) is 27.7. The van der Waals surface area contributed by atoms with Crippen molar-refractivity contribution in [3.8, 4) is 0 Å². The van der Waals surface area contributed by atoms with Crippen LogP contribution in [0.2, 0.25) is 0 Å². The van der Waals surface area contributed by atoms with Crippen LogP contribution >= 0.6 is 35.2 Å². The number of imidazole rings is 1. The van der Waals surface area contributed by atoms with Gasteiger partial charge in [-0.1, -0.05) is 39.5 Å². The number of aliphatic hydroxyl groups is 2. The number of carboxylic acid groups (broad SMARTS) is 1. The zero-order valence-electron chi connectivity index (χ0n) is 32.7. The molecule has 9 atom stereocenters. The Morgan fingerprint density at radius 3 is 2.33 bits per heavy atom. The van der Waals surface area contributed by atoms with E-state index in [4.69, 9.17) is 24.6 Å². The Balaban J connectivity index is 1.44. The molecule has 0 bridgehead atoms. The number of rotatable bonds is 25. The van der Waals surface area contributed by atoms with Crippen molar-refractivity contribution in [3.63, 3.8) is 0 Å². The van der Waals surface area contributed by atoms with Crippen molar-refractivity contribution in [3.05, 3.63) is 12.7 Å². The minimum Gasteiger partial charge on any atom is -0.481 e. The molecule has 0 spiro atoms. The van der Waals surface area contributed by atoms with E-state index < -0.39 is 90.5 Å². The van der Waals surface area contributed by atoms with Gasteiger partial charge in [-0.05, 0) is 18.8 Å². The number of aromatic nitrogens is 4. The van der Waals surface area contributed by atoms with Crippen molar-refractivity contribution in [2.24, 2.45) is 17.3 Å². The fourth-order valence-electron chi connectivity index (χ4n) is 5.61. The number of ether oxygens (including phenoxy) is 1. The number of aliphatic hydroxyl groups excluding tert-OH is 2. The van der Waals surface area contributed by atoms with E-state index in [0.717, 1.165) is 29.0 Å². The van der Waals surface area contributed by atoms with E-state index in [1.807, 2.05) is 6.92 Å². The average Bonchev–Trinajstić information content (AvgIpc) is 3.70. The highest BCUT2D eigenvalue weighted by Gasteiger charge is 2.50. The molecule has 0 saturated carbocycles. The first kappa shape index (κ1) is 51.4. The molecule has 9 unspecified atom stereocenters. The van der Waals surface area contributed by atoms with Gasteiger partial charge in [0, 0.05) is 43.0 Å². The van der Waals surface area contributed by atoms with Gasteiger partial charge < -0.3 is 56.0 Å². The number of hydrogen-bond donors (Lipinski definition) is 10. The number of fused-ring (bicyclic) bond motifs is 1. The SMILES string of the molecule is CC(CCC(=O)O)CC(C)C(=O)SCCNC(=O)CCNC(=O)C(O)C(C)(C)COP(=O)(O)OP(=O)(O)OCC1OC(n2cnc3c(N)ncnc32)C(O)C1OP(=O)(O)O. The zero-order valence-corrected chi connectivity index (χ0v) is 36.2. The first-order valence-corrected chi connectivity index (χ1v) is 23.5. The first-order valence-electron chi connectivity index (χ1n) is 18.0. The van der Waals surface area contributed by atoms with Crippen molar-refractivity contribution in [2.45, 2.75) is 84.0 Å². The number of phosphoric acid groups is 3. The second-order valence-electron chi connectivity index (χ2n) is 14.4. The van der Waals surface area contributed by atoms with E-state index in [1.54, 1.807) is 6.92 Å². The molecule has 3 rings (SSSR count). The van der Waals surface area contributed by atoms with Crippen LogP contribution in [-0.4, -0.2) is 134 Å². The lowest BCUT2D eigenvalue weighted by molar-refractivity contribution is -0.138. The molecule has 1 aliphatic rings. The Bertz CT molecular complexity index is 1970. The van der Waals surface area contributed by atoms with Gasteiger partial charge in [-0.2, -0.15) is 4.31 Å². The molecule has 2 aromatic rings. The Hall–Kier alpha value is -2.97. The van der Waals surface area contributed by atoms with Crippen molar-refractivity contribution in [2.75, 3.05) is 37.8 Å². The third kappa shape index (κ3) is 16.1. The Morgan fingerprint density at radius 2 is 1.68 bits per heavy atom. The van der Waals surface area contributed by atoms with Crippen LogP contribution in [0.5, 0.6) is 0 Å². The lowest BCUT2D eigenvalue weighted by Gasteiger charge is -2.30. The molecule has 0 radical (unpaired) electrons. The smallest absolute Gasteiger partial charge is 0.481 e. The second-order valence-corrected chi connectivity index (χ2v) is 19.7. The molecule has 2 amide bonds. The highest BCUT2D eigenvalue weighted by atomic mass is 32.2. The molecule has 2 aromatic heterocycles. The number of nitrogens with one attached hydrogen (secondary N) is 2. The standard InChI is InChI=1S/C30H50N7O19P3S/c1-16(5-6-20(39)40)11-17(2)29(44)60-10-9-32-19(38)7-8-33-27(43)24(42)30(3,4)13-53-59(50,51)56-58(48,49)52-12-18-23(55-57(45,46)47)22(41)28(54-18)37-15-36-21-25(31)34-14-35-26(21)37/h14-18,22-24,28,41-42H,5-13H2,1-4H3,(H,32,38)(H,33,43)(H,39,40)(H,48,49)(H,50,51)(H2,31,34,35)(H2,45,46,47). The van der Waals surface area contributed by atoms with E-state index in [2.05, 4.69) is 34.4 Å². The van der Waals surface area contributed by atoms with Crippen LogP contribution in [0.15, 0.2) is 12.7 Å². The average molecular weight is 938 g/mol. The highest BCUT2D eigenvalue weighted by molar-refractivity contribution is 8.13. The van der Waals surface area contributed by atoms with Gasteiger partial charge in [-0.25, -0.2) is 28.6 Å². The number of nitrogens with two attached hydrogens (primary N) is 1. The van der Waals surface area contributed by atoms with Crippen LogP contribution in [-0.2, 0) is 55.5 Å². The number of carbonyl (C=O) groups is 4. The van der Waals surface area contributed by atoms with Crippen molar-refractivity contribution in [1.29, 1.82) is 0 Å². The number of anilines is 1. The van der Waals surface area contributed by atoms with Crippen LogP contribution < -0.4 is 16.4 Å². The lowest BCUT2D eigenvalue weighted by Crippen LogP contribution is -2.46. The van der Waals surface area contributed by atoms with Gasteiger partial charge in [0.25, 0.3) is 0 Å². The van der Waals surface area contributed by atoms with Gasteiger partial charge in [0.1, 0.15) is 36.3 Å². The van der Waals surface area contributed by atoms with E-state index >= 15 is 0 Å².